The molecule has 0 radical (unpaired) electrons. The number of hydrogen-bond donors (Lipinski definition) is 1. The molecule has 2 nitrogen and oxygen atoms in total. The van der Waals surface area contributed by atoms with Crippen molar-refractivity contribution in [3.8, 4) is 0 Å². The average molecular weight is 252 g/mol. The van der Waals surface area contributed by atoms with E-state index < -0.39 is 29.3 Å². The molecule has 0 aliphatic heterocycles. The van der Waals surface area contributed by atoms with Crippen LogP contribution in [0.25, 0.3) is 6.08 Å². The van der Waals surface area contributed by atoms with Crippen LogP contribution in [-0.4, -0.2) is 11.1 Å². The summed E-state index contributed by atoms with van der Waals surface area (Å²) in [5, 5.41) is 8.24. The second-order valence-corrected chi connectivity index (χ2v) is 3.03. The molecule has 0 atom stereocenters. The van der Waals surface area contributed by atoms with Crippen molar-refractivity contribution < 1.29 is 31.9 Å². The molecule has 0 heterocycles. The molecule has 0 spiro atoms. The van der Waals surface area contributed by atoms with Crippen molar-refractivity contribution in [3.05, 3.63) is 41.0 Å². The van der Waals surface area contributed by atoms with E-state index >= 15 is 0 Å². The van der Waals surface area contributed by atoms with Gasteiger partial charge in [-0.1, -0.05) is 0 Å². The molecule has 1 aromatic rings. The number of alkyl halides is 3. The monoisotopic (exact) mass is 252 g/mol. The van der Waals surface area contributed by atoms with E-state index in [0.717, 1.165) is 6.08 Å². The van der Waals surface area contributed by atoms with Crippen LogP contribution in [0.3, 0.4) is 0 Å². The lowest BCUT2D eigenvalue weighted by atomic mass is 10.1. The fourth-order valence-electron chi connectivity index (χ4n) is 1.13. The van der Waals surface area contributed by atoms with Crippen LogP contribution in [-0.2, 0) is 11.0 Å². The minimum absolute atomic E-state index is 0.310. The summed E-state index contributed by atoms with van der Waals surface area (Å²) in [5.41, 5.74) is -2.31. The molecule has 0 amide bonds. The highest BCUT2D eigenvalue weighted by Crippen LogP contribution is 2.34. The summed E-state index contributed by atoms with van der Waals surface area (Å²) in [6.07, 6.45) is -3.79. The minimum atomic E-state index is -5.14. The minimum Gasteiger partial charge on any atom is -0.478 e. The van der Waals surface area contributed by atoms with Crippen LogP contribution in [0, 0.1) is 11.6 Å². The average Bonchev–Trinajstić information content (AvgIpc) is 2.11. The molecular weight excluding hydrogens is 247 g/mol. The van der Waals surface area contributed by atoms with Crippen LogP contribution in [0.5, 0.6) is 0 Å². The Kier molecular flexibility index (Phi) is 3.50. The van der Waals surface area contributed by atoms with Gasteiger partial charge in [0.25, 0.3) is 0 Å². The fourth-order valence-corrected chi connectivity index (χ4v) is 1.13. The molecule has 1 aromatic carbocycles. The predicted octanol–water partition coefficient (Wildman–Crippen LogP) is 3.08. The Labute approximate surface area is 92.0 Å². The number of halogens is 5. The smallest absolute Gasteiger partial charge is 0.422 e. The molecular formula is C10H5F5O2. The molecule has 1 N–H and O–H groups in total. The quantitative estimate of drug-likeness (QED) is 0.648. The van der Waals surface area contributed by atoms with Gasteiger partial charge >= 0.3 is 12.1 Å². The molecule has 0 aliphatic carbocycles. The van der Waals surface area contributed by atoms with E-state index in [-0.39, 0.29) is 5.56 Å². The zero-order valence-electron chi connectivity index (χ0n) is 8.05. The third kappa shape index (κ3) is 3.27. The molecule has 0 bridgehead atoms. The second kappa shape index (κ2) is 4.52. The van der Waals surface area contributed by atoms with Crippen LogP contribution in [0.1, 0.15) is 11.1 Å². The summed E-state index contributed by atoms with van der Waals surface area (Å²) in [4.78, 5) is 10.1. The van der Waals surface area contributed by atoms with Crippen molar-refractivity contribution in [1.82, 2.24) is 0 Å². The molecule has 0 aromatic heterocycles. The first-order valence-corrected chi connectivity index (χ1v) is 4.19. The molecule has 92 valence electrons. The van der Waals surface area contributed by atoms with E-state index in [1.54, 1.807) is 0 Å². The van der Waals surface area contributed by atoms with E-state index in [4.69, 9.17) is 5.11 Å². The fraction of sp³-hybridized carbons (Fsp3) is 0.100. The van der Waals surface area contributed by atoms with Crippen molar-refractivity contribution in [2.75, 3.05) is 0 Å². The highest BCUT2D eigenvalue weighted by Gasteiger charge is 2.37. The number of rotatable bonds is 2. The maximum atomic E-state index is 13.0. The zero-order valence-corrected chi connectivity index (χ0v) is 8.05. The molecule has 0 unspecified atom stereocenters. The first-order valence-electron chi connectivity index (χ1n) is 4.19. The van der Waals surface area contributed by atoms with Gasteiger partial charge in [0, 0.05) is 6.08 Å². The lowest BCUT2D eigenvalue weighted by molar-refractivity contribution is -0.142. The molecule has 7 heteroatoms. The standard InChI is InChI=1S/C10H5F5O2/c11-6-3-5(1-2-8(16)17)4-7(12)9(6)10(13,14)15/h1-4H,(H,16,17). The van der Waals surface area contributed by atoms with Crippen LogP contribution >= 0.6 is 0 Å². The maximum Gasteiger partial charge on any atom is 0.422 e. The normalized spacial score (nSPS) is 12.1. The molecule has 0 aliphatic rings. The highest BCUT2D eigenvalue weighted by molar-refractivity contribution is 5.85. The van der Waals surface area contributed by atoms with E-state index in [1.807, 2.05) is 0 Å². The Morgan fingerprint density at radius 1 is 1.18 bits per heavy atom. The highest BCUT2D eigenvalue weighted by atomic mass is 19.4. The van der Waals surface area contributed by atoms with E-state index in [2.05, 4.69) is 0 Å². The van der Waals surface area contributed by atoms with Crippen molar-refractivity contribution in [1.29, 1.82) is 0 Å². The number of aliphatic carboxylic acids is 1. The lowest BCUT2D eigenvalue weighted by Crippen LogP contribution is -2.11. The molecule has 17 heavy (non-hydrogen) atoms. The van der Waals surface area contributed by atoms with Gasteiger partial charge in [-0.25, -0.2) is 13.6 Å². The summed E-state index contributed by atoms with van der Waals surface area (Å²) >= 11 is 0. The molecule has 0 saturated heterocycles. The zero-order chi connectivity index (χ0) is 13.2. The maximum absolute atomic E-state index is 13.0. The van der Waals surface area contributed by atoms with Crippen LogP contribution in [0.15, 0.2) is 18.2 Å². The van der Waals surface area contributed by atoms with Crippen molar-refractivity contribution in [2.45, 2.75) is 6.18 Å². The number of hydrogen-bond acceptors (Lipinski definition) is 1. The van der Waals surface area contributed by atoms with Gasteiger partial charge in [0.05, 0.1) is 0 Å². The Hall–Kier alpha value is -1.92. The Balaban J connectivity index is 3.23. The van der Waals surface area contributed by atoms with E-state index in [0.29, 0.717) is 18.2 Å². The van der Waals surface area contributed by atoms with Gasteiger partial charge in [-0.05, 0) is 23.8 Å². The van der Waals surface area contributed by atoms with Gasteiger partial charge in [-0.15, -0.1) is 0 Å². The van der Waals surface area contributed by atoms with Gasteiger partial charge in [-0.3, -0.25) is 0 Å². The third-order valence-corrected chi connectivity index (χ3v) is 1.77. The van der Waals surface area contributed by atoms with Crippen LogP contribution in [0.2, 0.25) is 0 Å². The van der Waals surface area contributed by atoms with Gasteiger partial charge in [0.1, 0.15) is 17.2 Å². The Morgan fingerprint density at radius 2 is 1.65 bits per heavy atom. The summed E-state index contributed by atoms with van der Waals surface area (Å²) in [6.45, 7) is 0. The summed E-state index contributed by atoms with van der Waals surface area (Å²) < 4.78 is 62.5. The van der Waals surface area contributed by atoms with Crippen LogP contribution in [0.4, 0.5) is 22.0 Å². The number of carboxylic acids is 1. The Morgan fingerprint density at radius 3 is 2.00 bits per heavy atom. The van der Waals surface area contributed by atoms with Gasteiger partial charge in [-0.2, -0.15) is 13.2 Å². The van der Waals surface area contributed by atoms with Crippen LogP contribution < -0.4 is 0 Å². The van der Waals surface area contributed by atoms with Gasteiger partial charge in [0.2, 0.25) is 0 Å². The van der Waals surface area contributed by atoms with E-state index in [1.165, 1.54) is 0 Å². The molecule has 0 saturated carbocycles. The SMILES string of the molecule is O=C(O)C=Cc1cc(F)c(C(F)(F)F)c(F)c1. The first-order chi connectivity index (χ1) is 7.71. The lowest BCUT2D eigenvalue weighted by Gasteiger charge is -2.09. The summed E-state index contributed by atoms with van der Waals surface area (Å²) in [5.74, 6) is -4.96. The van der Waals surface area contributed by atoms with Crippen molar-refractivity contribution in [2.24, 2.45) is 0 Å². The summed E-state index contributed by atoms with van der Waals surface area (Å²) in [7, 11) is 0. The second-order valence-electron chi connectivity index (χ2n) is 3.03. The summed E-state index contributed by atoms with van der Waals surface area (Å²) in [6, 6.07) is 0.816. The van der Waals surface area contributed by atoms with Crippen molar-refractivity contribution in [3.63, 3.8) is 0 Å². The van der Waals surface area contributed by atoms with Gasteiger partial charge < -0.3 is 5.11 Å². The molecule has 0 fully saturated rings. The van der Waals surface area contributed by atoms with Gasteiger partial charge in [0.15, 0.2) is 0 Å². The topological polar surface area (TPSA) is 37.3 Å². The number of carbonyl (C=O) groups is 1. The predicted molar refractivity (Wildman–Crippen MR) is 48.0 cm³/mol. The Bertz CT molecular complexity index is 453. The van der Waals surface area contributed by atoms with E-state index in [9.17, 15) is 26.7 Å². The molecule has 1 rings (SSSR count). The largest absolute Gasteiger partial charge is 0.478 e. The third-order valence-electron chi connectivity index (χ3n) is 1.77. The number of carboxylic acid groups (broad SMARTS) is 1. The number of benzene rings is 1. The first kappa shape index (κ1) is 13.1. The van der Waals surface area contributed by atoms with Crippen molar-refractivity contribution >= 4 is 12.0 Å².